The van der Waals surface area contributed by atoms with E-state index in [1.54, 1.807) is 0 Å². The Hall–Kier alpha value is -1.52. The van der Waals surface area contributed by atoms with E-state index >= 15 is 0 Å². The number of aliphatic imine (C=N–C) groups is 1. The molecule has 1 aromatic heterocycles. The van der Waals surface area contributed by atoms with Gasteiger partial charge in [-0.2, -0.15) is 0 Å². The van der Waals surface area contributed by atoms with Crippen LogP contribution in [0.25, 0.3) is 0 Å². The van der Waals surface area contributed by atoms with Crippen molar-refractivity contribution in [1.82, 2.24) is 15.8 Å². The van der Waals surface area contributed by atoms with Crippen molar-refractivity contribution in [2.45, 2.75) is 13.5 Å². The summed E-state index contributed by atoms with van der Waals surface area (Å²) in [6.07, 6.45) is 0. The van der Waals surface area contributed by atoms with Gasteiger partial charge in [0.1, 0.15) is 11.5 Å². The highest BCUT2D eigenvalue weighted by Crippen LogP contribution is 2.00. The normalized spacial score (nSPS) is 15.3. The molecule has 1 aliphatic heterocycles. The van der Waals surface area contributed by atoms with Crippen LogP contribution in [0.4, 0.5) is 0 Å². The number of nitrogens with zero attached hydrogens (tertiary/aromatic N) is 2. The topological polar surface area (TPSA) is 62.5 Å². The highest BCUT2D eigenvalue weighted by molar-refractivity contribution is 5.81. The average molecular weight is 180 g/mol. The fraction of sp³-hybridized carbons (Fsp3) is 0.500. The molecule has 2 heterocycles. The van der Waals surface area contributed by atoms with Gasteiger partial charge >= 0.3 is 0 Å². The zero-order valence-corrected chi connectivity index (χ0v) is 7.50. The summed E-state index contributed by atoms with van der Waals surface area (Å²) in [5.74, 6) is 1.68. The molecule has 5 nitrogen and oxygen atoms in total. The highest BCUT2D eigenvalue weighted by atomic mass is 16.5. The minimum absolute atomic E-state index is 0.656. The maximum Gasteiger partial charge on any atom is 0.191 e. The SMILES string of the molecule is Cc1cc(CNC2=NCCN2)no1. The Kier molecular flexibility index (Phi) is 2.16. The van der Waals surface area contributed by atoms with Crippen LogP contribution in [0.5, 0.6) is 0 Å². The minimum Gasteiger partial charge on any atom is -0.361 e. The van der Waals surface area contributed by atoms with E-state index in [0.717, 1.165) is 30.5 Å². The summed E-state index contributed by atoms with van der Waals surface area (Å²) >= 11 is 0. The zero-order valence-electron chi connectivity index (χ0n) is 7.50. The van der Waals surface area contributed by atoms with Crippen LogP contribution in [0.3, 0.4) is 0 Å². The third-order valence-electron chi connectivity index (χ3n) is 1.79. The molecule has 0 bridgehead atoms. The lowest BCUT2D eigenvalue weighted by Crippen LogP contribution is -2.33. The summed E-state index contributed by atoms with van der Waals surface area (Å²) in [5, 5.41) is 10.1. The average Bonchev–Trinajstić information content (AvgIpc) is 2.71. The molecule has 0 aromatic carbocycles. The number of aromatic nitrogens is 1. The molecule has 0 saturated carbocycles. The summed E-state index contributed by atoms with van der Waals surface area (Å²) in [5.41, 5.74) is 0.897. The Morgan fingerprint density at radius 3 is 3.23 bits per heavy atom. The van der Waals surface area contributed by atoms with Crippen molar-refractivity contribution < 1.29 is 4.52 Å². The van der Waals surface area contributed by atoms with Crippen molar-refractivity contribution in [2.75, 3.05) is 13.1 Å². The summed E-state index contributed by atoms with van der Waals surface area (Å²) in [4.78, 5) is 4.19. The lowest BCUT2D eigenvalue weighted by atomic mass is 10.4. The van der Waals surface area contributed by atoms with Crippen LogP contribution in [0, 0.1) is 6.92 Å². The Balaban J connectivity index is 1.85. The van der Waals surface area contributed by atoms with Crippen molar-refractivity contribution in [3.63, 3.8) is 0 Å². The second kappa shape index (κ2) is 3.47. The molecule has 0 unspecified atom stereocenters. The minimum atomic E-state index is 0.656. The molecule has 0 spiro atoms. The van der Waals surface area contributed by atoms with Gasteiger partial charge in [-0.3, -0.25) is 4.99 Å². The van der Waals surface area contributed by atoms with Crippen molar-refractivity contribution in [3.05, 3.63) is 17.5 Å². The Labute approximate surface area is 76.2 Å². The smallest absolute Gasteiger partial charge is 0.191 e. The number of hydrogen-bond acceptors (Lipinski definition) is 5. The fourth-order valence-corrected chi connectivity index (χ4v) is 1.19. The molecule has 70 valence electrons. The van der Waals surface area contributed by atoms with Gasteiger partial charge in [-0.05, 0) is 6.92 Å². The van der Waals surface area contributed by atoms with E-state index in [9.17, 15) is 0 Å². The van der Waals surface area contributed by atoms with Crippen LogP contribution in [0.15, 0.2) is 15.6 Å². The lowest BCUT2D eigenvalue weighted by Gasteiger charge is -2.02. The number of hydrogen-bond donors (Lipinski definition) is 2. The second-order valence-corrected chi connectivity index (χ2v) is 2.94. The Morgan fingerprint density at radius 1 is 1.69 bits per heavy atom. The van der Waals surface area contributed by atoms with E-state index in [2.05, 4.69) is 20.8 Å². The van der Waals surface area contributed by atoms with Gasteiger partial charge in [0.05, 0.1) is 13.1 Å². The van der Waals surface area contributed by atoms with Crippen LogP contribution in [-0.2, 0) is 6.54 Å². The van der Waals surface area contributed by atoms with Crippen molar-refractivity contribution in [3.8, 4) is 0 Å². The summed E-state index contributed by atoms with van der Waals surface area (Å²) in [7, 11) is 0. The van der Waals surface area contributed by atoms with Crippen LogP contribution >= 0.6 is 0 Å². The molecule has 2 N–H and O–H groups in total. The fourth-order valence-electron chi connectivity index (χ4n) is 1.19. The Bertz CT molecular complexity index is 318. The maximum absolute atomic E-state index is 4.93. The molecular formula is C8H12N4O. The molecule has 1 aromatic rings. The standard InChI is InChI=1S/C8H12N4O/c1-6-4-7(12-13-6)5-11-8-9-2-3-10-8/h4H,2-3,5H2,1H3,(H2,9,10,11). The van der Waals surface area contributed by atoms with Gasteiger partial charge in [-0.15, -0.1) is 0 Å². The zero-order chi connectivity index (χ0) is 9.10. The molecule has 13 heavy (non-hydrogen) atoms. The monoisotopic (exact) mass is 180 g/mol. The first-order valence-electron chi connectivity index (χ1n) is 4.29. The molecule has 1 aliphatic rings. The van der Waals surface area contributed by atoms with Crippen LogP contribution in [0.1, 0.15) is 11.5 Å². The maximum atomic E-state index is 4.93. The predicted octanol–water partition coefficient (Wildman–Crippen LogP) is 0.0318. The molecule has 0 radical (unpaired) electrons. The first-order chi connectivity index (χ1) is 6.34. The largest absolute Gasteiger partial charge is 0.361 e. The quantitative estimate of drug-likeness (QED) is 0.674. The van der Waals surface area contributed by atoms with E-state index < -0.39 is 0 Å². The number of guanidine groups is 1. The second-order valence-electron chi connectivity index (χ2n) is 2.94. The summed E-state index contributed by atoms with van der Waals surface area (Å²) in [6.45, 7) is 4.30. The molecule has 5 heteroatoms. The molecular weight excluding hydrogens is 168 g/mol. The van der Waals surface area contributed by atoms with E-state index in [-0.39, 0.29) is 0 Å². The third kappa shape index (κ3) is 1.99. The third-order valence-corrected chi connectivity index (χ3v) is 1.79. The van der Waals surface area contributed by atoms with Gasteiger partial charge in [0, 0.05) is 12.6 Å². The number of aryl methyl sites for hydroxylation is 1. The summed E-state index contributed by atoms with van der Waals surface area (Å²) < 4.78 is 4.93. The van der Waals surface area contributed by atoms with E-state index in [1.165, 1.54) is 0 Å². The molecule has 0 atom stereocenters. The first-order valence-corrected chi connectivity index (χ1v) is 4.29. The number of rotatable bonds is 2. The highest BCUT2D eigenvalue weighted by Gasteiger charge is 2.05. The predicted molar refractivity (Wildman–Crippen MR) is 48.4 cm³/mol. The van der Waals surface area contributed by atoms with E-state index in [0.29, 0.717) is 6.54 Å². The van der Waals surface area contributed by atoms with Crippen molar-refractivity contribution >= 4 is 5.96 Å². The van der Waals surface area contributed by atoms with Crippen molar-refractivity contribution in [1.29, 1.82) is 0 Å². The Morgan fingerprint density at radius 2 is 2.62 bits per heavy atom. The van der Waals surface area contributed by atoms with Gasteiger partial charge in [0.2, 0.25) is 0 Å². The van der Waals surface area contributed by atoms with Crippen LogP contribution in [0.2, 0.25) is 0 Å². The molecule has 0 amide bonds. The van der Waals surface area contributed by atoms with Gasteiger partial charge in [-0.25, -0.2) is 0 Å². The molecule has 2 rings (SSSR count). The van der Waals surface area contributed by atoms with Gasteiger partial charge < -0.3 is 15.2 Å². The summed E-state index contributed by atoms with van der Waals surface area (Å²) in [6, 6.07) is 1.91. The number of nitrogens with one attached hydrogen (secondary N) is 2. The van der Waals surface area contributed by atoms with Crippen LogP contribution < -0.4 is 10.6 Å². The molecule has 0 fully saturated rings. The first kappa shape index (κ1) is 8.10. The molecule has 0 saturated heterocycles. The van der Waals surface area contributed by atoms with E-state index in [1.807, 2.05) is 13.0 Å². The van der Waals surface area contributed by atoms with Gasteiger partial charge in [-0.1, -0.05) is 5.16 Å². The van der Waals surface area contributed by atoms with Crippen molar-refractivity contribution in [2.24, 2.45) is 4.99 Å². The van der Waals surface area contributed by atoms with Gasteiger partial charge in [0.25, 0.3) is 0 Å². The molecule has 0 aliphatic carbocycles. The van der Waals surface area contributed by atoms with Crippen LogP contribution in [-0.4, -0.2) is 24.2 Å². The lowest BCUT2D eigenvalue weighted by molar-refractivity contribution is 0.390. The van der Waals surface area contributed by atoms with E-state index in [4.69, 9.17) is 4.52 Å². The van der Waals surface area contributed by atoms with Gasteiger partial charge in [0.15, 0.2) is 5.96 Å².